The third-order valence-electron chi connectivity index (χ3n) is 4.44. The molecule has 1 aliphatic heterocycles. The predicted molar refractivity (Wildman–Crippen MR) is 78.7 cm³/mol. The highest BCUT2D eigenvalue weighted by atomic mass is 32.2. The average molecular weight is 317 g/mol. The van der Waals surface area contributed by atoms with Crippen molar-refractivity contribution in [2.45, 2.75) is 30.9 Å². The molecule has 1 saturated carbocycles. The third kappa shape index (κ3) is 2.86. The minimum absolute atomic E-state index is 0.133. The van der Waals surface area contributed by atoms with E-state index in [1.807, 2.05) is 6.92 Å². The maximum absolute atomic E-state index is 12.6. The normalized spacial score (nSPS) is 21.6. The van der Waals surface area contributed by atoms with Gasteiger partial charge in [0.1, 0.15) is 0 Å². The molecular weight excluding hydrogens is 294 g/mol. The molecule has 0 atom stereocenters. The number of urea groups is 1. The lowest BCUT2D eigenvalue weighted by Gasteiger charge is -2.44. The van der Waals surface area contributed by atoms with Crippen LogP contribution in [0.3, 0.4) is 0 Å². The van der Waals surface area contributed by atoms with E-state index >= 15 is 0 Å². The second kappa shape index (κ2) is 5.82. The van der Waals surface area contributed by atoms with E-state index in [4.69, 9.17) is 0 Å². The van der Waals surface area contributed by atoms with Crippen LogP contribution in [0, 0.1) is 0 Å². The van der Waals surface area contributed by atoms with Crippen LogP contribution in [0.2, 0.25) is 0 Å². The van der Waals surface area contributed by atoms with E-state index in [-0.39, 0.29) is 11.9 Å². The fourth-order valence-corrected chi connectivity index (χ4v) is 4.38. The maximum atomic E-state index is 12.6. The maximum Gasteiger partial charge on any atom is 0.317 e. The van der Waals surface area contributed by atoms with Crippen molar-refractivity contribution in [2.24, 2.45) is 0 Å². The van der Waals surface area contributed by atoms with Gasteiger partial charge in [0.25, 0.3) is 0 Å². The van der Waals surface area contributed by atoms with E-state index in [1.165, 1.54) is 0 Å². The zero-order chi connectivity index (χ0) is 15.7. The van der Waals surface area contributed by atoms with Crippen molar-refractivity contribution in [3.63, 3.8) is 0 Å². The highest BCUT2D eigenvalue weighted by Crippen LogP contribution is 2.40. The third-order valence-corrected chi connectivity index (χ3v) is 6.45. The van der Waals surface area contributed by atoms with E-state index < -0.39 is 14.6 Å². The summed E-state index contributed by atoms with van der Waals surface area (Å²) < 4.78 is 22.7. The molecule has 120 valence electrons. The Bertz CT molecular complexity index is 520. The first-order valence-corrected chi connectivity index (χ1v) is 9.23. The van der Waals surface area contributed by atoms with Gasteiger partial charge in [-0.1, -0.05) is 0 Å². The summed E-state index contributed by atoms with van der Waals surface area (Å²) in [5.74, 6) is -0.285. The molecule has 7 nitrogen and oxygen atoms in total. The van der Waals surface area contributed by atoms with E-state index in [0.717, 1.165) is 12.7 Å². The Labute approximate surface area is 125 Å². The molecule has 1 saturated heterocycles. The Kier molecular flexibility index (Phi) is 4.46. The predicted octanol–water partition coefficient (Wildman–Crippen LogP) is -0.173. The molecule has 2 rings (SSSR count). The molecule has 0 unspecified atom stereocenters. The first-order valence-electron chi connectivity index (χ1n) is 7.33. The molecular formula is C13H23N3O4S. The molecule has 3 amide bonds. The number of sulfone groups is 1. The number of amides is 3. The number of piperazine rings is 1. The summed E-state index contributed by atoms with van der Waals surface area (Å²) in [7, 11) is -3.40. The van der Waals surface area contributed by atoms with Crippen molar-refractivity contribution in [2.75, 3.05) is 39.0 Å². The summed E-state index contributed by atoms with van der Waals surface area (Å²) in [6, 6.07) is -0.133. The van der Waals surface area contributed by atoms with Gasteiger partial charge in [0.2, 0.25) is 5.91 Å². The molecule has 1 aliphatic carbocycles. The molecule has 0 aromatic carbocycles. The van der Waals surface area contributed by atoms with Crippen LogP contribution in [0.15, 0.2) is 0 Å². The SMILES string of the molecule is CCNC(=O)N1CCN(C(=O)C2(S(C)(=O)=O)CCC2)CC1. The monoisotopic (exact) mass is 317 g/mol. The molecule has 1 N–H and O–H groups in total. The van der Waals surface area contributed by atoms with Gasteiger partial charge in [-0.05, 0) is 26.2 Å². The van der Waals surface area contributed by atoms with Gasteiger partial charge < -0.3 is 15.1 Å². The Balaban J connectivity index is 1.99. The Morgan fingerprint density at radius 2 is 1.62 bits per heavy atom. The molecule has 0 radical (unpaired) electrons. The Morgan fingerprint density at radius 3 is 2.00 bits per heavy atom. The molecule has 1 heterocycles. The van der Waals surface area contributed by atoms with Crippen LogP contribution in [0.25, 0.3) is 0 Å². The molecule has 0 spiro atoms. The van der Waals surface area contributed by atoms with Gasteiger partial charge in [0.15, 0.2) is 14.6 Å². The van der Waals surface area contributed by atoms with Crippen molar-refractivity contribution < 1.29 is 18.0 Å². The number of nitrogens with one attached hydrogen (secondary N) is 1. The number of hydrogen-bond donors (Lipinski definition) is 1. The lowest BCUT2D eigenvalue weighted by Crippen LogP contribution is -2.62. The number of carbonyl (C=O) groups is 2. The zero-order valence-electron chi connectivity index (χ0n) is 12.6. The molecule has 2 aliphatic rings. The highest BCUT2D eigenvalue weighted by molar-refractivity contribution is 7.93. The van der Waals surface area contributed by atoms with Crippen molar-refractivity contribution >= 4 is 21.8 Å². The molecule has 21 heavy (non-hydrogen) atoms. The summed E-state index contributed by atoms with van der Waals surface area (Å²) in [4.78, 5) is 27.5. The van der Waals surface area contributed by atoms with Crippen LogP contribution >= 0.6 is 0 Å². The number of rotatable bonds is 3. The van der Waals surface area contributed by atoms with E-state index in [2.05, 4.69) is 5.32 Å². The van der Waals surface area contributed by atoms with Gasteiger partial charge in [-0.15, -0.1) is 0 Å². The summed E-state index contributed by atoms with van der Waals surface area (Å²) >= 11 is 0. The zero-order valence-corrected chi connectivity index (χ0v) is 13.4. The van der Waals surface area contributed by atoms with Gasteiger partial charge in [-0.2, -0.15) is 0 Å². The Morgan fingerprint density at radius 1 is 1.10 bits per heavy atom. The fraction of sp³-hybridized carbons (Fsp3) is 0.846. The topological polar surface area (TPSA) is 86.8 Å². The van der Waals surface area contributed by atoms with Crippen LogP contribution in [-0.2, 0) is 14.6 Å². The largest absolute Gasteiger partial charge is 0.338 e. The summed E-state index contributed by atoms with van der Waals surface area (Å²) in [6.45, 7) is 4.09. The van der Waals surface area contributed by atoms with Crippen LogP contribution in [0.1, 0.15) is 26.2 Å². The first-order chi connectivity index (χ1) is 9.82. The van der Waals surface area contributed by atoms with E-state index in [9.17, 15) is 18.0 Å². The van der Waals surface area contributed by atoms with Crippen LogP contribution in [0.5, 0.6) is 0 Å². The Hall–Kier alpha value is -1.31. The summed E-state index contributed by atoms with van der Waals surface area (Å²) in [6.07, 6.45) is 2.76. The van der Waals surface area contributed by atoms with Crippen LogP contribution in [-0.4, -0.2) is 73.9 Å². The molecule has 8 heteroatoms. The summed E-state index contributed by atoms with van der Waals surface area (Å²) in [5.41, 5.74) is 0. The van der Waals surface area contributed by atoms with E-state index in [0.29, 0.717) is 45.6 Å². The van der Waals surface area contributed by atoms with Crippen LogP contribution < -0.4 is 5.32 Å². The lowest BCUT2D eigenvalue weighted by atomic mass is 9.83. The quantitative estimate of drug-likeness (QED) is 0.783. The molecule has 0 bridgehead atoms. The first kappa shape index (κ1) is 16.1. The molecule has 0 aromatic heterocycles. The number of nitrogens with zero attached hydrogens (tertiary/aromatic N) is 2. The van der Waals surface area contributed by atoms with Gasteiger partial charge in [-0.3, -0.25) is 4.79 Å². The van der Waals surface area contributed by atoms with Crippen molar-refractivity contribution in [1.29, 1.82) is 0 Å². The van der Waals surface area contributed by atoms with E-state index in [1.54, 1.807) is 9.80 Å². The lowest BCUT2D eigenvalue weighted by molar-refractivity contribution is -0.137. The van der Waals surface area contributed by atoms with Gasteiger partial charge >= 0.3 is 6.03 Å². The van der Waals surface area contributed by atoms with Crippen molar-refractivity contribution in [1.82, 2.24) is 15.1 Å². The van der Waals surface area contributed by atoms with Crippen molar-refractivity contribution in [3.05, 3.63) is 0 Å². The second-order valence-electron chi connectivity index (χ2n) is 5.73. The summed E-state index contributed by atoms with van der Waals surface area (Å²) in [5, 5.41) is 2.72. The smallest absolute Gasteiger partial charge is 0.317 e. The minimum atomic E-state index is -3.40. The van der Waals surface area contributed by atoms with Gasteiger partial charge in [0, 0.05) is 39.0 Å². The fourth-order valence-electron chi connectivity index (χ4n) is 2.90. The number of carbonyl (C=O) groups excluding carboxylic acids is 2. The second-order valence-corrected chi connectivity index (χ2v) is 8.06. The van der Waals surface area contributed by atoms with Gasteiger partial charge in [0.05, 0.1) is 0 Å². The highest BCUT2D eigenvalue weighted by Gasteiger charge is 2.54. The molecule has 0 aromatic rings. The van der Waals surface area contributed by atoms with Crippen molar-refractivity contribution in [3.8, 4) is 0 Å². The average Bonchev–Trinajstić information content (AvgIpc) is 2.36. The van der Waals surface area contributed by atoms with Crippen LogP contribution in [0.4, 0.5) is 4.79 Å². The minimum Gasteiger partial charge on any atom is -0.338 e. The number of hydrogen-bond acceptors (Lipinski definition) is 4. The standard InChI is InChI=1S/C13H23N3O4S/c1-3-14-12(18)16-9-7-15(8-10-16)11(17)13(5-4-6-13)21(2,19)20/h3-10H2,1-2H3,(H,14,18). The molecule has 2 fully saturated rings. The van der Waals surface area contributed by atoms with Gasteiger partial charge in [-0.25, -0.2) is 13.2 Å².